The predicted molar refractivity (Wildman–Crippen MR) is 94.3 cm³/mol. The average molecular weight is 312 g/mol. The van der Waals surface area contributed by atoms with Crippen LogP contribution in [0.2, 0.25) is 0 Å². The smallest absolute Gasteiger partial charge is 0.318 e. The van der Waals surface area contributed by atoms with Crippen LogP contribution in [0, 0.1) is 13.8 Å². The van der Waals surface area contributed by atoms with E-state index in [2.05, 4.69) is 0 Å². The first-order valence-corrected chi connectivity index (χ1v) is 7.72. The molecule has 0 aliphatic rings. The molecule has 0 aromatic heterocycles. The van der Waals surface area contributed by atoms with E-state index in [1.165, 1.54) is 0 Å². The Morgan fingerprint density at radius 1 is 0.957 bits per heavy atom. The van der Waals surface area contributed by atoms with Crippen LogP contribution in [-0.2, 0) is 9.53 Å². The van der Waals surface area contributed by atoms with E-state index in [1.54, 1.807) is 12.1 Å². The van der Waals surface area contributed by atoms with Gasteiger partial charge in [0.15, 0.2) is 0 Å². The molecule has 2 aromatic carbocycles. The summed E-state index contributed by atoms with van der Waals surface area (Å²) in [5.41, 5.74) is 16.9. The minimum absolute atomic E-state index is 0.172. The van der Waals surface area contributed by atoms with Crippen molar-refractivity contribution in [1.29, 1.82) is 0 Å². The Morgan fingerprint density at radius 3 is 1.96 bits per heavy atom. The largest absolute Gasteiger partial charge is 0.462 e. The summed E-state index contributed by atoms with van der Waals surface area (Å²) in [6, 6.07) is 11.2. The highest BCUT2D eigenvalue weighted by Crippen LogP contribution is 2.31. The molecule has 0 radical (unpaired) electrons. The van der Waals surface area contributed by atoms with Gasteiger partial charge in [-0.15, -0.1) is 0 Å². The van der Waals surface area contributed by atoms with Gasteiger partial charge in [0.2, 0.25) is 0 Å². The van der Waals surface area contributed by atoms with Crippen molar-refractivity contribution in [2.24, 2.45) is 0 Å². The minimum atomic E-state index is -0.490. The van der Waals surface area contributed by atoms with Gasteiger partial charge in [-0.05, 0) is 62.1 Å². The predicted octanol–water partition coefficient (Wildman–Crippen LogP) is 3.55. The summed E-state index contributed by atoms with van der Waals surface area (Å²) < 4.78 is 5.46. The van der Waals surface area contributed by atoms with E-state index in [-0.39, 0.29) is 12.1 Å². The lowest BCUT2D eigenvalue weighted by atomic mass is 9.88. The van der Waals surface area contributed by atoms with Crippen molar-refractivity contribution in [1.82, 2.24) is 0 Å². The molecule has 0 fully saturated rings. The first-order chi connectivity index (χ1) is 10.8. The lowest BCUT2D eigenvalue weighted by Crippen LogP contribution is -2.21. The van der Waals surface area contributed by atoms with E-state index < -0.39 is 5.92 Å². The number of nitrogen functional groups attached to an aromatic ring is 2. The minimum Gasteiger partial charge on any atom is -0.462 e. The number of rotatable bonds is 4. The quantitative estimate of drug-likeness (QED) is 0.668. The van der Waals surface area contributed by atoms with Crippen molar-refractivity contribution in [3.8, 4) is 0 Å². The molecule has 4 N–H and O–H groups in total. The highest BCUT2D eigenvalue weighted by molar-refractivity contribution is 5.83. The molecule has 23 heavy (non-hydrogen) atoms. The van der Waals surface area contributed by atoms with Gasteiger partial charge in [0.05, 0.1) is 6.10 Å². The van der Waals surface area contributed by atoms with Crippen molar-refractivity contribution in [2.75, 3.05) is 11.5 Å². The molecule has 0 aliphatic heterocycles. The van der Waals surface area contributed by atoms with Crippen LogP contribution in [0.5, 0.6) is 0 Å². The highest BCUT2D eigenvalue weighted by atomic mass is 16.5. The van der Waals surface area contributed by atoms with E-state index in [0.29, 0.717) is 5.69 Å². The number of esters is 1. The SMILES string of the molecule is Cc1cc(C(C(=O)OC(C)C)c2ccc(N)cc2)cc(C)c1N. The van der Waals surface area contributed by atoms with Crippen LogP contribution in [-0.4, -0.2) is 12.1 Å². The van der Waals surface area contributed by atoms with Gasteiger partial charge in [0.25, 0.3) is 0 Å². The maximum Gasteiger partial charge on any atom is 0.318 e. The van der Waals surface area contributed by atoms with Gasteiger partial charge in [0, 0.05) is 11.4 Å². The van der Waals surface area contributed by atoms with Gasteiger partial charge >= 0.3 is 5.97 Å². The Kier molecular flexibility index (Phi) is 4.94. The van der Waals surface area contributed by atoms with Gasteiger partial charge in [0.1, 0.15) is 5.92 Å². The van der Waals surface area contributed by atoms with E-state index in [9.17, 15) is 4.79 Å². The number of benzene rings is 2. The molecule has 0 saturated carbocycles. The molecule has 1 unspecified atom stereocenters. The van der Waals surface area contributed by atoms with Crippen molar-refractivity contribution >= 4 is 17.3 Å². The Hall–Kier alpha value is -2.49. The number of hydrogen-bond donors (Lipinski definition) is 2. The van der Waals surface area contributed by atoms with Crippen molar-refractivity contribution in [3.05, 3.63) is 58.7 Å². The average Bonchev–Trinajstić information content (AvgIpc) is 2.46. The van der Waals surface area contributed by atoms with Crippen LogP contribution in [0.15, 0.2) is 36.4 Å². The Balaban J connectivity index is 2.53. The maximum absolute atomic E-state index is 12.7. The molecule has 1 atom stereocenters. The molecular weight excluding hydrogens is 288 g/mol. The third-order valence-electron chi connectivity index (χ3n) is 3.81. The number of carbonyl (C=O) groups excluding carboxylic acids is 1. The standard InChI is InChI=1S/C19H24N2O2/c1-11(2)23-19(22)17(14-5-7-16(20)8-6-14)15-9-12(3)18(21)13(4)10-15/h5-11,17H,20-21H2,1-4H3. The number of aryl methyl sites for hydroxylation is 2. The summed E-state index contributed by atoms with van der Waals surface area (Å²) in [5.74, 6) is -0.760. The highest BCUT2D eigenvalue weighted by Gasteiger charge is 2.26. The third-order valence-corrected chi connectivity index (χ3v) is 3.81. The molecule has 0 saturated heterocycles. The van der Waals surface area contributed by atoms with Gasteiger partial charge < -0.3 is 16.2 Å². The zero-order valence-corrected chi connectivity index (χ0v) is 14.1. The summed E-state index contributed by atoms with van der Waals surface area (Å²) >= 11 is 0. The summed E-state index contributed by atoms with van der Waals surface area (Å²) in [6.45, 7) is 7.58. The summed E-state index contributed by atoms with van der Waals surface area (Å²) in [6.07, 6.45) is -0.172. The van der Waals surface area contributed by atoms with Crippen LogP contribution < -0.4 is 11.5 Å². The lowest BCUT2D eigenvalue weighted by molar-refractivity contribution is -0.148. The van der Waals surface area contributed by atoms with Gasteiger partial charge in [-0.25, -0.2) is 0 Å². The second-order valence-corrected chi connectivity index (χ2v) is 6.15. The fraction of sp³-hybridized carbons (Fsp3) is 0.316. The zero-order chi connectivity index (χ0) is 17.1. The van der Waals surface area contributed by atoms with Crippen molar-refractivity contribution < 1.29 is 9.53 Å². The first kappa shape index (κ1) is 16.9. The maximum atomic E-state index is 12.7. The zero-order valence-electron chi connectivity index (χ0n) is 14.1. The first-order valence-electron chi connectivity index (χ1n) is 7.72. The monoisotopic (exact) mass is 312 g/mol. The fourth-order valence-corrected chi connectivity index (χ4v) is 2.63. The van der Waals surface area contributed by atoms with Gasteiger partial charge in [-0.3, -0.25) is 4.79 Å². The number of nitrogens with two attached hydrogens (primary N) is 2. The molecule has 2 aromatic rings. The van der Waals surface area contributed by atoms with E-state index in [4.69, 9.17) is 16.2 Å². The fourth-order valence-electron chi connectivity index (χ4n) is 2.63. The number of anilines is 2. The second-order valence-electron chi connectivity index (χ2n) is 6.15. The van der Waals surface area contributed by atoms with Gasteiger partial charge in [-0.1, -0.05) is 24.3 Å². The summed E-state index contributed by atoms with van der Waals surface area (Å²) in [4.78, 5) is 12.7. The van der Waals surface area contributed by atoms with E-state index >= 15 is 0 Å². The van der Waals surface area contributed by atoms with Crippen LogP contribution in [0.1, 0.15) is 42.0 Å². The molecule has 2 rings (SSSR count). The number of hydrogen-bond acceptors (Lipinski definition) is 4. The molecule has 0 heterocycles. The molecule has 4 heteroatoms. The summed E-state index contributed by atoms with van der Waals surface area (Å²) in [7, 11) is 0. The molecule has 0 bridgehead atoms. The molecular formula is C19H24N2O2. The Morgan fingerprint density at radius 2 is 1.48 bits per heavy atom. The van der Waals surface area contributed by atoms with Crippen LogP contribution in [0.4, 0.5) is 11.4 Å². The van der Waals surface area contributed by atoms with Crippen molar-refractivity contribution in [2.45, 2.75) is 39.7 Å². The number of carbonyl (C=O) groups is 1. The number of ether oxygens (including phenoxy) is 1. The Bertz CT molecular complexity index is 683. The summed E-state index contributed by atoms with van der Waals surface area (Å²) in [5, 5.41) is 0. The van der Waals surface area contributed by atoms with Crippen LogP contribution in [0.25, 0.3) is 0 Å². The molecule has 4 nitrogen and oxygen atoms in total. The Labute approximate surface area is 137 Å². The third kappa shape index (κ3) is 3.83. The van der Waals surface area contributed by atoms with Crippen LogP contribution in [0.3, 0.4) is 0 Å². The van der Waals surface area contributed by atoms with Crippen LogP contribution >= 0.6 is 0 Å². The molecule has 0 aliphatic carbocycles. The molecule has 0 spiro atoms. The van der Waals surface area contributed by atoms with Crippen molar-refractivity contribution in [3.63, 3.8) is 0 Å². The molecule has 122 valence electrons. The normalized spacial score (nSPS) is 12.2. The van der Waals surface area contributed by atoms with E-state index in [1.807, 2.05) is 52.0 Å². The molecule has 0 amide bonds. The van der Waals surface area contributed by atoms with E-state index in [0.717, 1.165) is 27.9 Å². The second kappa shape index (κ2) is 6.73. The van der Waals surface area contributed by atoms with Gasteiger partial charge in [-0.2, -0.15) is 0 Å². The topological polar surface area (TPSA) is 78.3 Å². The lowest BCUT2D eigenvalue weighted by Gasteiger charge is -2.20.